The van der Waals surface area contributed by atoms with E-state index in [0.717, 1.165) is 6.42 Å². The van der Waals surface area contributed by atoms with Crippen LogP contribution in [-0.4, -0.2) is 27.5 Å². The molecule has 300 valence electrons. The Labute approximate surface area is 309 Å². The molecule has 0 aliphatic heterocycles. The topological polar surface area (TPSA) is 119 Å². The quantitative estimate of drug-likeness (QED) is 0.0406. The minimum absolute atomic E-state index is 0.00221. The molecule has 0 aromatic carbocycles. The van der Waals surface area contributed by atoms with Gasteiger partial charge in [-0.3, -0.25) is 4.52 Å². The summed E-state index contributed by atoms with van der Waals surface area (Å²) in [5.41, 5.74) is 12.2. The molecule has 0 aromatic heterocycles. The molecule has 0 saturated heterocycles. The average molecular weight is 721 g/mol. The molecule has 0 aliphatic carbocycles. The molecule has 0 aromatic rings. The van der Waals surface area contributed by atoms with E-state index in [1.165, 1.54) is 167 Å². The van der Waals surface area contributed by atoms with E-state index in [1.54, 1.807) is 0 Å². The molecular formula is C42H93N2O4P. The van der Waals surface area contributed by atoms with E-state index in [4.69, 9.17) is 21.3 Å². The Morgan fingerprint density at radius 1 is 0.469 bits per heavy atom. The fraction of sp³-hybridized carbons (Fsp3) is 1.00. The van der Waals surface area contributed by atoms with Crippen LogP contribution in [0.1, 0.15) is 242 Å². The van der Waals surface area contributed by atoms with Gasteiger partial charge in [0.25, 0.3) is 0 Å². The Hall–Kier alpha value is 0.0300. The Morgan fingerprint density at radius 3 is 0.898 bits per heavy atom. The zero-order chi connectivity index (χ0) is 37.9. The summed E-state index contributed by atoms with van der Waals surface area (Å²) in [6.45, 7) is 19.8. The van der Waals surface area contributed by atoms with E-state index in [0.29, 0.717) is 18.3 Å². The smallest absolute Gasteiger partial charge is 0.325 e. The summed E-state index contributed by atoms with van der Waals surface area (Å²) >= 11 is 0. The van der Waals surface area contributed by atoms with Crippen LogP contribution in [0.15, 0.2) is 0 Å². The van der Waals surface area contributed by atoms with Crippen LogP contribution in [0.4, 0.5) is 0 Å². The number of phosphoric acid groups is 1. The first-order chi connectivity index (χ1) is 23.0. The van der Waals surface area contributed by atoms with Gasteiger partial charge in [-0.1, -0.05) is 195 Å². The molecule has 0 spiro atoms. The number of rotatable bonds is 32. The van der Waals surface area contributed by atoms with Crippen molar-refractivity contribution < 1.29 is 18.9 Å². The molecule has 0 saturated carbocycles. The highest BCUT2D eigenvalue weighted by atomic mass is 31.2. The van der Waals surface area contributed by atoms with Crippen molar-refractivity contribution in [3.8, 4) is 0 Å². The number of unbranched alkanes of at least 4 members (excludes halogenated alkanes) is 23. The molecule has 0 radical (unpaired) electrons. The Balaban J connectivity index is -0.000000695. The summed E-state index contributed by atoms with van der Waals surface area (Å²) < 4.78 is 14.1. The lowest BCUT2D eigenvalue weighted by Gasteiger charge is -2.27. The van der Waals surface area contributed by atoms with Gasteiger partial charge in [0, 0.05) is 11.1 Å². The molecule has 0 amide bonds. The number of hydrogen-bond acceptors (Lipinski definition) is 4. The SMILES string of the molecule is CCCCCCCCCCCCCCC(C)C(C)(C)N.CCCCCCCCCCCCCCC(C)C(C)(C)N.CCCCOP(=O)(O)O. The highest BCUT2D eigenvalue weighted by Crippen LogP contribution is 2.35. The molecule has 0 bridgehead atoms. The van der Waals surface area contributed by atoms with E-state index in [2.05, 4.69) is 59.9 Å². The van der Waals surface area contributed by atoms with Crippen molar-refractivity contribution in [3.05, 3.63) is 0 Å². The first-order valence-electron chi connectivity index (χ1n) is 21.3. The van der Waals surface area contributed by atoms with E-state index >= 15 is 0 Å². The molecule has 7 heteroatoms. The maximum Gasteiger partial charge on any atom is 0.469 e. The van der Waals surface area contributed by atoms with Gasteiger partial charge in [0.1, 0.15) is 0 Å². The van der Waals surface area contributed by atoms with Gasteiger partial charge < -0.3 is 21.3 Å². The Bertz CT molecular complexity index is 643. The standard InChI is InChI=1S/2C19H41N.C4H11O4P/c2*1-5-6-7-8-9-10-11-12-13-14-15-16-17-18(2)19(3,4)20;1-2-3-4-8-9(5,6)7/h2*18H,5-17,20H2,1-4H3;2-4H2,1H3,(H2,5,6,7). The lowest BCUT2D eigenvalue weighted by atomic mass is 9.86. The zero-order valence-corrected chi connectivity index (χ0v) is 35.9. The summed E-state index contributed by atoms with van der Waals surface area (Å²) in [5, 5.41) is 0. The summed E-state index contributed by atoms with van der Waals surface area (Å²) in [5.74, 6) is 1.29. The summed E-state index contributed by atoms with van der Waals surface area (Å²) in [6.07, 6.45) is 38.4. The number of nitrogens with two attached hydrogens (primary N) is 2. The molecule has 49 heavy (non-hydrogen) atoms. The van der Waals surface area contributed by atoms with Crippen molar-refractivity contribution in [1.29, 1.82) is 0 Å². The van der Waals surface area contributed by atoms with Gasteiger partial charge in [0.05, 0.1) is 6.61 Å². The van der Waals surface area contributed by atoms with Crippen molar-refractivity contribution in [2.45, 2.75) is 253 Å². The normalized spacial score (nSPS) is 13.3. The molecule has 0 fully saturated rings. The van der Waals surface area contributed by atoms with Gasteiger partial charge in [0.15, 0.2) is 0 Å². The highest BCUT2D eigenvalue weighted by Gasteiger charge is 2.20. The highest BCUT2D eigenvalue weighted by molar-refractivity contribution is 7.46. The molecule has 2 atom stereocenters. The molecule has 0 aliphatic rings. The van der Waals surface area contributed by atoms with Crippen molar-refractivity contribution in [2.75, 3.05) is 6.61 Å². The van der Waals surface area contributed by atoms with Gasteiger partial charge in [-0.2, -0.15) is 0 Å². The monoisotopic (exact) mass is 721 g/mol. The van der Waals surface area contributed by atoms with Crippen molar-refractivity contribution in [2.24, 2.45) is 23.3 Å². The van der Waals surface area contributed by atoms with Gasteiger partial charge in [0.2, 0.25) is 0 Å². The van der Waals surface area contributed by atoms with Gasteiger partial charge in [-0.25, -0.2) is 4.57 Å². The van der Waals surface area contributed by atoms with Crippen LogP contribution < -0.4 is 11.5 Å². The van der Waals surface area contributed by atoms with Crippen molar-refractivity contribution >= 4 is 7.82 Å². The van der Waals surface area contributed by atoms with Gasteiger partial charge in [-0.05, 0) is 58.8 Å². The fourth-order valence-electron chi connectivity index (χ4n) is 5.65. The van der Waals surface area contributed by atoms with E-state index in [1.807, 2.05) is 6.92 Å². The molecule has 6 N–H and O–H groups in total. The third-order valence-electron chi connectivity index (χ3n) is 10.3. The van der Waals surface area contributed by atoms with Crippen LogP contribution >= 0.6 is 7.82 Å². The molecule has 6 nitrogen and oxygen atoms in total. The average Bonchev–Trinajstić information content (AvgIpc) is 3.01. The van der Waals surface area contributed by atoms with Gasteiger partial charge in [-0.15, -0.1) is 0 Å². The minimum Gasteiger partial charge on any atom is -0.325 e. The lowest BCUT2D eigenvalue weighted by Crippen LogP contribution is -2.39. The molecule has 0 heterocycles. The van der Waals surface area contributed by atoms with Crippen molar-refractivity contribution in [1.82, 2.24) is 0 Å². The largest absolute Gasteiger partial charge is 0.469 e. The third-order valence-corrected chi connectivity index (χ3v) is 10.8. The molecule has 2 unspecified atom stereocenters. The fourth-order valence-corrected chi connectivity index (χ4v) is 6.02. The third kappa shape index (κ3) is 48.0. The Morgan fingerprint density at radius 2 is 0.694 bits per heavy atom. The second-order valence-corrected chi connectivity index (χ2v) is 17.7. The maximum atomic E-state index is 9.98. The first-order valence-corrected chi connectivity index (χ1v) is 22.8. The number of phosphoric ester groups is 1. The molecular weight excluding hydrogens is 627 g/mol. The van der Waals surface area contributed by atoms with Crippen LogP contribution in [0, 0.1) is 11.8 Å². The second-order valence-electron chi connectivity index (χ2n) is 16.5. The van der Waals surface area contributed by atoms with E-state index in [-0.39, 0.29) is 17.7 Å². The first kappa shape index (κ1) is 53.4. The predicted molar refractivity (Wildman–Crippen MR) is 219 cm³/mol. The van der Waals surface area contributed by atoms with Crippen LogP contribution in [-0.2, 0) is 9.09 Å². The van der Waals surface area contributed by atoms with E-state index in [9.17, 15) is 4.57 Å². The van der Waals surface area contributed by atoms with Gasteiger partial charge >= 0.3 is 7.82 Å². The maximum absolute atomic E-state index is 9.98. The zero-order valence-electron chi connectivity index (χ0n) is 35.0. The van der Waals surface area contributed by atoms with E-state index < -0.39 is 7.82 Å². The molecule has 0 rings (SSSR count). The van der Waals surface area contributed by atoms with Crippen LogP contribution in [0.5, 0.6) is 0 Å². The summed E-state index contributed by atoms with van der Waals surface area (Å²) in [7, 11) is -4.20. The number of hydrogen-bond donors (Lipinski definition) is 4. The Kier molecular flexibility index (Phi) is 39.6. The van der Waals surface area contributed by atoms with Crippen LogP contribution in [0.2, 0.25) is 0 Å². The minimum atomic E-state index is -4.20. The summed E-state index contributed by atoms with van der Waals surface area (Å²) in [4.78, 5) is 16.3. The lowest BCUT2D eigenvalue weighted by molar-refractivity contribution is 0.194. The second kappa shape index (κ2) is 36.4. The van der Waals surface area contributed by atoms with Crippen LogP contribution in [0.25, 0.3) is 0 Å². The van der Waals surface area contributed by atoms with Crippen LogP contribution in [0.3, 0.4) is 0 Å². The predicted octanol–water partition coefficient (Wildman–Crippen LogP) is 13.8. The van der Waals surface area contributed by atoms with Crippen molar-refractivity contribution in [3.63, 3.8) is 0 Å². The summed E-state index contributed by atoms with van der Waals surface area (Å²) in [6, 6.07) is 0.